The molecule has 2 aromatic rings. The minimum absolute atomic E-state index is 0.0158. The summed E-state index contributed by atoms with van der Waals surface area (Å²) in [6.45, 7) is 8.38. The van der Waals surface area contributed by atoms with E-state index < -0.39 is 0 Å². The molecule has 0 aliphatic carbocycles. The largest absolute Gasteiger partial charge is 0.489 e. The van der Waals surface area contributed by atoms with E-state index in [2.05, 4.69) is 18.3 Å². The van der Waals surface area contributed by atoms with Gasteiger partial charge < -0.3 is 10.1 Å². The van der Waals surface area contributed by atoms with Gasteiger partial charge >= 0.3 is 0 Å². The van der Waals surface area contributed by atoms with E-state index in [1.54, 1.807) is 0 Å². The van der Waals surface area contributed by atoms with E-state index >= 15 is 0 Å². The lowest BCUT2D eigenvalue weighted by Gasteiger charge is -2.15. The van der Waals surface area contributed by atoms with Crippen LogP contribution in [0.5, 0.6) is 5.75 Å². The molecule has 0 aliphatic heterocycles. The van der Waals surface area contributed by atoms with Crippen molar-refractivity contribution in [3.63, 3.8) is 0 Å². The Kier molecular flexibility index (Phi) is 5.21. The van der Waals surface area contributed by atoms with Gasteiger partial charge in [-0.3, -0.25) is 4.79 Å². The summed E-state index contributed by atoms with van der Waals surface area (Å²) in [4.78, 5) is 11.7. The number of para-hydroxylation sites is 1. The first kappa shape index (κ1) is 16.1. The number of benzene rings is 2. The maximum atomic E-state index is 11.7. The molecule has 1 amide bonds. The molecule has 0 aromatic heterocycles. The number of hydrogen-bond acceptors (Lipinski definition) is 2. The van der Waals surface area contributed by atoms with Gasteiger partial charge in [-0.15, -0.1) is 0 Å². The van der Waals surface area contributed by atoms with Crippen LogP contribution in [-0.2, 0) is 11.4 Å². The standard InChI is InChI=1S/C19H23NO2/c1-5-18(21)20-19-14(3)7-6-8-16(19)12-22-17-10-9-13(2)11-15(17)4/h6-11H,5,12H2,1-4H3,(H,20,21). The van der Waals surface area contributed by atoms with Crippen molar-refractivity contribution in [2.75, 3.05) is 5.32 Å². The van der Waals surface area contributed by atoms with E-state index in [1.807, 2.05) is 51.1 Å². The highest BCUT2D eigenvalue weighted by molar-refractivity contribution is 5.92. The lowest BCUT2D eigenvalue weighted by molar-refractivity contribution is -0.115. The molecule has 0 saturated carbocycles. The van der Waals surface area contributed by atoms with E-state index in [0.717, 1.165) is 28.1 Å². The fourth-order valence-corrected chi connectivity index (χ4v) is 2.37. The Labute approximate surface area is 132 Å². The average molecular weight is 297 g/mol. The number of rotatable bonds is 5. The molecule has 116 valence electrons. The summed E-state index contributed by atoms with van der Waals surface area (Å²) >= 11 is 0. The van der Waals surface area contributed by atoms with Crippen LogP contribution in [0, 0.1) is 20.8 Å². The van der Waals surface area contributed by atoms with Crippen molar-refractivity contribution >= 4 is 11.6 Å². The molecule has 2 aromatic carbocycles. The fraction of sp³-hybridized carbons (Fsp3) is 0.316. The molecular weight excluding hydrogens is 274 g/mol. The molecule has 0 saturated heterocycles. The zero-order chi connectivity index (χ0) is 16.1. The van der Waals surface area contributed by atoms with Crippen LogP contribution in [0.25, 0.3) is 0 Å². The third kappa shape index (κ3) is 3.88. The van der Waals surface area contributed by atoms with Crippen LogP contribution in [0.15, 0.2) is 36.4 Å². The van der Waals surface area contributed by atoms with E-state index in [-0.39, 0.29) is 5.91 Å². The molecule has 0 aliphatic rings. The second-order valence-electron chi connectivity index (χ2n) is 5.57. The fourth-order valence-electron chi connectivity index (χ4n) is 2.37. The first-order valence-electron chi connectivity index (χ1n) is 7.59. The highest BCUT2D eigenvalue weighted by atomic mass is 16.5. The number of nitrogens with one attached hydrogen (secondary N) is 1. The molecule has 22 heavy (non-hydrogen) atoms. The van der Waals surface area contributed by atoms with Gasteiger partial charge in [-0.25, -0.2) is 0 Å². The lowest BCUT2D eigenvalue weighted by Crippen LogP contribution is -2.13. The second-order valence-corrected chi connectivity index (χ2v) is 5.57. The van der Waals surface area contributed by atoms with Crippen LogP contribution in [0.2, 0.25) is 0 Å². The molecule has 2 rings (SSSR count). The zero-order valence-electron chi connectivity index (χ0n) is 13.7. The third-order valence-electron chi connectivity index (χ3n) is 3.66. The Hall–Kier alpha value is -2.29. The van der Waals surface area contributed by atoms with Crippen molar-refractivity contribution in [1.82, 2.24) is 0 Å². The first-order chi connectivity index (χ1) is 10.5. The van der Waals surface area contributed by atoms with Crippen LogP contribution in [0.4, 0.5) is 5.69 Å². The van der Waals surface area contributed by atoms with Gasteiger partial charge in [0.15, 0.2) is 0 Å². The van der Waals surface area contributed by atoms with Gasteiger partial charge in [-0.1, -0.05) is 42.8 Å². The number of ether oxygens (including phenoxy) is 1. The van der Waals surface area contributed by atoms with E-state index in [4.69, 9.17) is 4.74 Å². The monoisotopic (exact) mass is 297 g/mol. The molecule has 0 spiro atoms. The Bertz CT molecular complexity index is 677. The van der Waals surface area contributed by atoms with Crippen LogP contribution in [0.1, 0.15) is 35.6 Å². The predicted molar refractivity (Wildman–Crippen MR) is 90.3 cm³/mol. The summed E-state index contributed by atoms with van der Waals surface area (Å²) in [7, 11) is 0. The summed E-state index contributed by atoms with van der Waals surface area (Å²) < 4.78 is 5.94. The number of aryl methyl sites for hydroxylation is 3. The van der Waals surface area contributed by atoms with Crippen LogP contribution < -0.4 is 10.1 Å². The molecule has 0 fully saturated rings. The average Bonchev–Trinajstić information content (AvgIpc) is 2.49. The van der Waals surface area contributed by atoms with Crippen molar-refractivity contribution in [3.8, 4) is 5.75 Å². The van der Waals surface area contributed by atoms with Gasteiger partial charge in [0.25, 0.3) is 0 Å². The van der Waals surface area contributed by atoms with Crippen molar-refractivity contribution < 1.29 is 9.53 Å². The molecule has 0 atom stereocenters. The highest BCUT2D eigenvalue weighted by Gasteiger charge is 2.09. The van der Waals surface area contributed by atoms with Crippen LogP contribution >= 0.6 is 0 Å². The van der Waals surface area contributed by atoms with Gasteiger partial charge in [0.05, 0.1) is 5.69 Å². The van der Waals surface area contributed by atoms with Crippen LogP contribution in [0.3, 0.4) is 0 Å². The summed E-state index contributed by atoms with van der Waals surface area (Å²) in [5.74, 6) is 0.891. The van der Waals surface area contributed by atoms with Gasteiger partial charge in [-0.05, 0) is 38.0 Å². The summed E-state index contributed by atoms with van der Waals surface area (Å²) in [5, 5.41) is 2.97. The third-order valence-corrected chi connectivity index (χ3v) is 3.66. The smallest absolute Gasteiger partial charge is 0.224 e. The summed E-state index contributed by atoms with van der Waals surface area (Å²) in [5.41, 5.74) is 5.23. The van der Waals surface area contributed by atoms with Crippen LogP contribution in [-0.4, -0.2) is 5.91 Å². The van der Waals surface area contributed by atoms with E-state index in [9.17, 15) is 4.79 Å². The minimum atomic E-state index is 0.0158. The first-order valence-corrected chi connectivity index (χ1v) is 7.59. The number of hydrogen-bond donors (Lipinski definition) is 1. The molecule has 3 nitrogen and oxygen atoms in total. The Morgan fingerprint density at radius 3 is 2.55 bits per heavy atom. The highest BCUT2D eigenvalue weighted by Crippen LogP contribution is 2.24. The molecule has 0 heterocycles. The van der Waals surface area contributed by atoms with Gasteiger partial charge in [-0.2, -0.15) is 0 Å². The maximum absolute atomic E-state index is 11.7. The van der Waals surface area contributed by atoms with E-state index in [1.165, 1.54) is 5.56 Å². The lowest BCUT2D eigenvalue weighted by atomic mass is 10.1. The quantitative estimate of drug-likeness (QED) is 0.880. The van der Waals surface area contributed by atoms with E-state index in [0.29, 0.717) is 13.0 Å². The normalized spacial score (nSPS) is 10.4. The van der Waals surface area contributed by atoms with Gasteiger partial charge in [0.1, 0.15) is 12.4 Å². The number of carbonyl (C=O) groups excluding carboxylic acids is 1. The molecule has 0 unspecified atom stereocenters. The topological polar surface area (TPSA) is 38.3 Å². The molecule has 3 heteroatoms. The summed E-state index contributed by atoms with van der Waals surface area (Å²) in [6, 6.07) is 12.1. The minimum Gasteiger partial charge on any atom is -0.489 e. The second kappa shape index (κ2) is 7.12. The Morgan fingerprint density at radius 2 is 1.86 bits per heavy atom. The number of anilines is 1. The van der Waals surface area contributed by atoms with Crippen molar-refractivity contribution in [1.29, 1.82) is 0 Å². The SMILES string of the molecule is CCC(=O)Nc1c(C)cccc1COc1ccc(C)cc1C. The van der Waals surface area contributed by atoms with Crippen molar-refractivity contribution in [2.24, 2.45) is 0 Å². The molecule has 0 radical (unpaired) electrons. The predicted octanol–water partition coefficient (Wildman–Crippen LogP) is 4.54. The molecule has 1 N–H and O–H groups in total. The Morgan fingerprint density at radius 1 is 1.09 bits per heavy atom. The van der Waals surface area contributed by atoms with Gasteiger partial charge in [0.2, 0.25) is 5.91 Å². The van der Waals surface area contributed by atoms with Crippen molar-refractivity contribution in [2.45, 2.75) is 40.7 Å². The molecular formula is C19H23NO2. The zero-order valence-corrected chi connectivity index (χ0v) is 13.7. The maximum Gasteiger partial charge on any atom is 0.224 e. The number of amides is 1. The van der Waals surface area contributed by atoms with Gasteiger partial charge in [0, 0.05) is 12.0 Å². The summed E-state index contributed by atoms with van der Waals surface area (Å²) in [6.07, 6.45) is 0.464. The molecule has 0 bridgehead atoms. The number of carbonyl (C=O) groups is 1. The van der Waals surface area contributed by atoms with Crippen molar-refractivity contribution in [3.05, 3.63) is 58.7 Å². The Balaban J connectivity index is 2.18.